The number of hydrogen-bond acceptors (Lipinski definition) is 4. The minimum absolute atomic E-state index is 0.101. The van der Waals surface area contributed by atoms with Gasteiger partial charge in [0.1, 0.15) is 0 Å². The minimum Gasteiger partial charge on any atom is -0.371 e. The van der Waals surface area contributed by atoms with E-state index in [4.69, 9.17) is 4.99 Å². The highest BCUT2D eigenvalue weighted by Gasteiger charge is 2.17. The van der Waals surface area contributed by atoms with Crippen molar-refractivity contribution in [1.29, 1.82) is 0 Å². The van der Waals surface area contributed by atoms with Crippen LogP contribution in [0.25, 0.3) is 11.3 Å². The van der Waals surface area contributed by atoms with E-state index in [0.717, 1.165) is 61.2 Å². The predicted molar refractivity (Wildman–Crippen MR) is 171 cm³/mol. The smallest absolute Gasteiger partial charge is 0.183 e. The van der Waals surface area contributed by atoms with Crippen LogP contribution in [-0.2, 0) is 4.79 Å². The molecule has 2 aliphatic rings. The maximum absolute atomic E-state index is 12.9. The van der Waals surface area contributed by atoms with Crippen LogP contribution in [0, 0.1) is 0 Å². The lowest BCUT2D eigenvalue weighted by atomic mass is 9.99. The van der Waals surface area contributed by atoms with E-state index < -0.39 is 0 Å². The van der Waals surface area contributed by atoms with Crippen molar-refractivity contribution >= 4 is 22.8 Å². The van der Waals surface area contributed by atoms with Crippen LogP contribution in [0.1, 0.15) is 91.3 Å². The Morgan fingerprint density at radius 2 is 1.95 bits per heavy atom. The molecule has 4 nitrogen and oxygen atoms in total. The summed E-state index contributed by atoms with van der Waals surface area (Å²) in [4.78, 5) is 24.9. The maximum Gasteiger partial charge on any atom is 0.183 e. The van der Waals surface area contributed by atoms with Crippen LogP contribution in [0.2, 0.25) is 0 Å². The second-order valence-electron chi connectivity index (χ2n) is 10.5. The van der Waals surface area contributed by atoms with Crippen molar-refractivity contribution in [2.24, 2.45) is 4.99 Å². The Bertz CT molecular complexity index is 1370. The summed E-state index contributed by atoms with van der Waals surface area (Å²) in [5, 5.41) is 0. The van der Waals surface area contributed by atoms with Crippen molar-refractivity contribution in [3.05, 3.63) is 106 Å². The van der Waals surface area contributed by atoms with Gasteiger partial charge in [-0.05, 0) is 107 Å². The van der Waals surface area contributed by atoms with E-state index in [9.17, 15) is 4.79 Å². The van der Waals surface area contributed by atoms with Gasteiger partial charge in [0, 0.05) is 48.8 Å². The molecular weight excluding hydrogens is 490 g/mol. The molecule has 4 heteroatoms. The summed E-state index contributed by atoms with van der Waals surface area (Å²) in [6, 6.07) is 4.04. The number of likely N-dealkylation sites (tertiary alicyclic amines) is 1. The van der Waals surface area contributed by atoms with Gasteiger partial charge < -0.3 is 4.90 Å². The average molecular weight is 536 g/mol. The number of aromatic nitrogens is 1. The summed E-state index contributed by atoms with van der Waals surface area (Å²) in [7, 11) is 0. The molecule has 0 aliphatic carbocycles. The lowest BCUT2D eigenvalue weighted by molar-refractivity contribution is -0.111. The highest BCUT2D eigenvalue weighted by atomic mass is 16.1. The molecule has 3 heterocycles. The number of carbonyl (C=O) groups is 1. The summed E-state index contributed by atoms with van der Waals surface area (Å²) in [5.41, 5.74) is 13.4. The zero-order valence-corrected chi connectivity index (χ0v) is 25.3. The summed E-state index contributed by atoms with van der Waals surface area (Å²) in [6.45, 7) is 18.7. The molecule has 210 valence electrons. The SMILES string of the molecule is C=C1CC(/C=C\C(=C/C)N2CCC/C(=C/C)CC2)=NC(c2cc(C(=C=C(C)/C(C)=C\C)CCC)ccn2)=CC1=O. The summed E-state index contributed by atoms with van der Waals surface area (Å²) >= 11 is 0. The van der Waals surface area contributed by atoms with Gasteiger partial charge in [0.25, 0.3) is 0 Å². The van der Waals surface area contributed by atoms with Gasteiger partial charge >= 0.3 is 0 Å². The minimum atomic E-state index is -0.101. The quantitative estimate of drug-likeness (QED) is 0.144. The van der Waals surface area contributed by atoms with E-state index in [1.54, 1.807) is 12.3 Å². The predicted octanol–water partition coefficient (Wildman–Crippen LogP) is 8.98. The van der Waals surface area contributed by atoms with Gasteiger partial charge in [-0.25, -0.2) is 0 Å². The van der Waals surface area contributed by atoms with E-state index in [1.165, 1.54) is 23.3 Å². The number of hydrogen-bond donors (Lipinski definition) is 0. The second-order valence-corrected chi connectivity index (χ2v) is 10.5. The molecule has 2 aliphatic heterocycles. The Kier molecular flexibility index (Phi) is 11.7. The molecule has 0 radical (unpaired) electrons. The largest absolute Gasteiger partial charge is 0.371 e. The van der Waals surface area contributed by atoms with Crippen molar-refractivity contribution in [2.45, 2.75) is 80.1 Å². The number of carbonyl (C=O) groups excluding carboxylic acids is 1. The monoisotopic (exact) mass is 535 g/mol. The molecule has 1 aromatic rings. The van der Waals surface area contributed by atoms with E-state index in [-0.39, 0.29) is 5.78 Å². The first-order valence-electron chi connectivity index (χ1n) is 14.6. The Balaban J connectivity index is 1.96. The molecule has 0 amide bonds. The van der Waals surface area contributed by atoms with E-state index >= 15 is 0 Å². The molecule has 0 unspecified atom stereocenters. The molecular formula is C36H45N3O. The van der Waals surface area contributed by atoms with Crippen molar-refractivity contribution < 1.29 is 4.79 Å². The first kappa shape index (κ1) is 30.8. The third kappa shape index (κ3) is 8.37. The van der Waals surface area contributed by atoms with Crippen LogP contribution in [0.4, 0.5) is 0 Å². The van der Waals surface area contributed by atoms with Crippen molar-refractivity contribution in [2.75, 3.05) is 13.1 Å². The van der Waals surface area contributed by atoms with Crippen molar-refractivity contribution in [1.82, 2.24) is 9.88 Å². The number of allylic oxidation sites excluding steroid dienone is 9. The van der Waals surface area contributed by atoms with Gasteiger partial charge in [0.05, 0.1) is 11.4 Å². The van der Waals surface area contributed by atoms with Crippen LogP contribution in [-0.4, -0.2) is 34.5 Å². The molecule has 3 rings (SSSR count). The Labute approximate surface area is 241 Å². The van der Waals surface area contributed by atoms with Crippen molar-refractivity contribution in [3.63, 3.8) is 0 Å². The lowest BCUT2D eigenvalue weighted by Gasteiger charge is -2.23. The summed E-state index contributed by atoms with van der Waals surface area (Å²) < 4.78 is 0. The molecule has 1 aromatic heterocycles. The maximum atomic E-state index is 12.9. The van der Waals surface area contributed by atoms with Crippen LogP contribution >= 0.6 is 0 Å². The molecule has 0 N–H and O–H groups in total. The zero-order chi connectivity index (χ0) is 29.1. The van der Waals surface area contributed by atoms with Gasteiger partial charge in [0.2, 0.25) is 0 Å². The molecule has 0 spiro atoms. The van der Waals surface area contributed by atoms with Gasteiger partial charge in [0.15, 0.2) is 5.78 Å². The number of rotatable bonds is 8. The number of pyridine rings is 1. The Morgan fingerprint density at radius 1 is 1.15 bits per heavy atom. The molecule has 0 atom stereocenters. The topological polar surface area (TPSA) is 45.6 Å². The Hall–Kier alpha value is -3.75. The number of ketones is 1. The molecule has 0 saturated carbocycles. The average Bonchev–Trinajstić information content (AvgIpc) is 3.29. The fraction of sp³-hybridized carbons (Fsp3) is 0.389. The summed E-state index contributed by atoms with van der Waals surface area (Å²) in [5.74, 6) is -0.101. The number of nitrogens with zero attached hydrogens (tertiary/aromatic N) is 3. The third-order valence-electron chi connectivity index (χ3n) is 7.65. The molecule has 1 fully saturated rings. The second kappa shape index (κ2) is 15.1. The van der Waals surface area contributed by atoms with Gasteiger partial charge in [-0.2, -0.15) is 0 Å². The highest BCUT2D eigenvalue weighted by molar-refractivity contribution is 6.15. The first-order valence-corrected chi connectivity index (χ1v) is 14.6. The van der Waals surface area contributed by atoms with Crippen LogP contribution < -0.4 is 0 Å². The van der Waals surface area contributed by atoms with E-state index in [1.807, 2.05) is 25.1 Å². The molecule has 1 saturated heterocycles. The van der Waals surface area contributed by atoms with Crippen LogP contribution in [0.3, 0.4) is 0 Å². The lowest BCUT2D eigenvalue weighted by Crippen LogP contribution is -2.23. The summed E-state index contributed by atoms with van der Waals surface area (Å²) in [6.07, 6.45) is 19.8. The standard InChI is InChI=1S/C36H45N3O/c1-8-13-30(22-27(6)26(5)9-2)31-17-19-37-34(24-31)35-25-36(40)28(7)23-32(38-35)15-16-33(11-4)39-20-12-14-29(10-3)18-21-39/h9-11,15-17,19,24-25H,7-8,12-14,18,20-21,23H2,1-6H3/b16-15-,26-9-,29-10-,33-11+. The van der Waals surface area contributed by atoms with Crippen LogP contribution in [0.5, 0.6) is 0 Å². The van der Waals surface area contributed by atoms with Crippen molar-refractivity contribution in [3.8, 4) is 0 Å². The first-order chi connectivity index (χ1) is 19.3. The Morgan fingerprint density at radius 3 is 2.65 bits per heavy atom. The normalized spacial score (nSPS) is 18.4. The zero-order valence-electron chi connectivity index (χ0n) is 25.3. The fourth-order valence-corrected chi connectivity index (χ4v) is 4.94. The molecule has 0 bridgehead atoms. The molecule has 40 heavy (non-hydrogen) atoms. The highest BCUT2D eigenvalue weighted by Crippen LogP contribution is 2.27. The van der Waals surface area contributed by atoms with Crippen LogP contribution in [0.15, 0.2) is 100 Å². The van der Waals surface area contributed by atoms with E-state index in [0.29, 0.717) is 23.4 Å². The number of aliphatic imine (C=N–C) groups is 1. The third-order valence-corrected chi connectivity index (χ3v) is 7.65. The molecule has 0 aromatic carbocycles. The van der Waals surface area contributed by atoms with Gasteiger partial charge in [-0.15, -0.1) is 5.73 Å². The van der Waals surface area contributed by atoms with E-state index in [2.05, 4.69) is 81.1 Å². The van der Waals surface area contributed by atoms with Gasteiger partial charge in [-0.3, -0.25) is 14.8 Å². The fourth-order valence-electron chi connectivity index (χ4n) is 4.94. The van der Waals surface area contributed by atoms with Gasteiger partial charge in [-0.1, -0.05) is 43.7 Å².